The summed E-state index contributed by atoms with van der Waals surface area (Å²) < 4.78 is 5.20. The average molecular weight is 354 g/mol. The highest BCUT2D eigenvalue weighted by atomic mass is 79.9. The van der Waals surface area contributed by atoms with Crippen LogP contribution in [0.25, 0.3) is 0 Å². The molecule has 1 nitrogen and oxygen atoms in total. The second-order valence-corrected chi connectivity index (χ2v) is 6.11. The molecule has 106 valence electrons. The van der Waals surface area contributed by atoms with Crippen molar-refractivity contribution in [2.45, 2.75) is 24.1 Å². The standard InChI is InChI=1S/C17H18BrClO/c1-3-14(12-7-5-4-6-8-12)17(18)13-9-10-16(20-2)15(19)11-13/h4-11,14,17H,3H2,1-2H3. The third kappa shape index (κ3) is 3.36. The molecule has 0 N–H and O–H groups in total. The van der Waals surface area contributed by atoms with E-state index in [-0.39, 0.29) is 4.83 Å². The number of ether oxygens (including phenoxy) is 1. The van der Waals surface area contributed by atoms with Gasteiger partial charge in [0.05, 0.1) is 12.1 Å². The molecule has 0 radical (unpaired) electrons. The number of halogens is 2. The van der Waals surface area contributed by atoms with E-state index in [4.69, 9.17) is 16.3 Å². The molecule has 2 aromatic carbocycles. The van der Waals surface area contributed by atoms with Crippen LogP contribution in [0.1, 0.15) is 35.2 Å². The van der Waals surface area contributed by atoms with E-state index >= 15 is 0 Å². The van der Waals surface area contributed by atoms with Crippen LogP contribution in [0.2, 0.25) is 5.02 Å². The van der Waals surface area contributed by atoms with Crippen LogP contribution in [0.4, 0.5) is 0 Å². The Morgan fingerprint density at radius 3 is 2.35 bits per heavy atom. The van der Waals surface area contributed by atoms with Crippen LogP contribution in [0.3, 0.4) is 0 Å². The molecule has 2 unspecified atom stereocenters. The van der Waals surface area contributed by atoms with Gasteiger partial charge in [0, 0.05) is 10.7 Å². The minimum Gasteiger partial charge on any atom is -0.495 e. The van der Waals surface area contributed by atoms with Gasteiger partial charge >= 0.3 is 0 Å². The summed E-state index contributed by atoms with van der Waals surface area (Å²) in [5.41, 5.74) is 2.51. The van der Waals surface area contributed by atoms with Crippen molar-refractivity contribution < 1.29 is 4.74 Å². The van der Waals surface area contributed by atoms with Crippen molar-refractivity contribution in [2.24, 2.45) is 0 Å². The molecular formula is C17H18BrClO. The van der Waals surface area contributed by atoms with Crippen LogP contribution in [-0.4, -0.2) is 7.11 Å². The first-order chi connectivity index (χ1) is 9.67. The molecule has 2 atom stereocenters. The molecule has 0 aromatic heterocycles. The van der Waals surface area contributed by atoms with Gasteiger partial charge < -0.3 is 4.74 Å². The van der Waals surface area contributed by atoms with E-state index in [2.05, 4.69) is 53.2 Å². The highest BCUT2D eigenvalue weighted by Gasteiger charge is 2.21. The van der Waals surface area contributed by atoms with Crippen LogP contribution < -0.4 is 4.74 Å². The van der Waals surface area contributed by atoms with Gasteiger partial charge in [-0.25, -0.2) is 0 Å². The summed E-state index contributed by atoms with van der Waals surface area (Å²) in [7, 11) is 1.63. The number of alkyl halides is 1. The van der Waals surface area contributed by atoms with Crippen LogP contribution in [0, 0.1) is 0 Å². The molecule has 0 aliphatic heterocycles. The fourth-order valence-corrected chi connectivity index (χ4v) is 3.63. The summed E-state index contributed by atoms with van der Waals surface area (Å²) >= 11 is 10.1. The topological polar surface area (TPSA) is 9.23 Å². The Morgan fingerprint density at radius 2 is 1.80 bits per heavy atom. The van der Waals surface area contributed by atoms with Gasteiger partial charge in [0.2, 0.25) is 0 Å². The van der Waals surface area contributed by atoms with Crippen LogP contribution in [-0.2, 0) is 0 Å². The Morgan fingerprint density at radius 1 is 1.10 bits per heavy atom. The third-order valence-electron chi connectivity index (χ3n) is 3.52. The Balaban J connectivity index is 2.29. The lowest BCUT2D eigenvalue weighted by atomic mass is 9.90. The van der Waals surface area contributed by atoms with E-state index in [1.54, 1.807) is 7.11 Å². The number of benzene rings is 2. The van der Waals surface area contributed by atoms with Gasteiger partial charge in [-0.3, -0.25) is 0 Å². The molecule has 2 rings (SSSR count). The number of methoxy groups -OCH3 is 1. The monoisotopic (exact) mass is 352 g/mol. The summed E-state index contributed by atoms with van der Waals surface area (Å²) in [6.45, 7) is 2.21. The van der Waals surface area contributed by atoms with Crippen molar-refractivity contribution in [1.82, 2.24) is 0 Å². The molecule has 0 heterocycles. The van der Waals surface area contributed by atoms with Crippen LogP contribution in [0.15, 0.2) is 48.5 Å². The molecule has 0 spiro atoms. The number of hydrogen-bond acceptors (Lipinski definition) is 1. The summed E-state index contributed by atoms with van der Waals surface area (Å²) in [6, 6.07) is 16.5. The first kappa shape index (κ1) is 15.4. The molecule has 0 amide bonds. The molecule has 0 bridgehead atoms. The van der Waals surface area contributed by atoms with Gasteiger partial charge in [-0.1, -0.05) is 70.9 Å². The summed E-state index contributed by atoms with van der Waals surface area (Å²) in [5.74, 6) is 1.13. The predicted molar refractivity (Wildman–Crippen MR) is 89.1 cm³/mol. The highest BCUT2D eigenvalue weighted by molar-refractivity contribution is 9.09. The fourth-order valence-electron chi connectivity index (χ4n) is 2.40. The molecule has 0 saturated heterocycles. The van der Waals surface area contributed by atoms with Crippen molar-refractivity contribution >= 4 is 27.5 Å². The van der Waals surface area contributed by atoms with E-state index in [0.29, 0.717) is 16.7 Å². The van der Waals surface area contributed by atoms with E-state index in [9.17, 15) is 0 Å². The zero-order chi connectivity index (χ0) is 14.5. The van der Waals surface area contributed by atoms with Gasteiger partial charge in [-0.05, 0) is 29.7 Å². The third-order valence-corrected chi connectivity index (χ3v) is 4.98. The minimum absolute atomic E-state index is 0.235. The van der Waals surface area contributed by atoms with Crippen molar-refractivity contribution in [3.8, 4) is 5.75 Å². The summed E-state index contributed by atoms with van der Waals surface area (Å²) in [5, 5.41) is 0.650. The Labute approximate surface area is 134 Å². The average Bonchev–Trinajstić information content (AvgIpc) is 2.49. The quantitative estimate of drug-likeness (QED) is 0.601. The maximum atomic E-state index is 6.22. The molecule has 0 fully saturated rings. The number of hydrogen-bond donors (Lipinski definition) is 0. The Hall–Kier alpha value is -0.990. The lowest BCUT2D eigenvalue weighted by Crippen LogP contribution is -2.05. The Bertz CT molecular complexity index is 556. The zero-order valence-corrected chi connectivity index (χ0v) is 14.0. The molecule has 20 heavy (non-hydrogen) atoms. The van der Waals surface area contributed by atoms with Gasteiger partial charge in [-0.2, -0.15) is 0 Å². The lowest BCUT2D eigenvalue weighted by Gasteiger charge is -2.22. The van der Waals surface area contributed by atoms with Crippen LogP contribution >= 0.6 is 27.5 Å². The van der Waals surface area contributed by atoms with Crippen molar-refractivity contribution in [3.05, 3.63) is 64.7 Å². The van der Waals surface area contributed by atoms with E-state index in [1.807, 2.05) is 18.2 Å². The Kier molecular flexibility index (Phi) is 5.50. The molecule has 2 aromatic rings. The van der Waals surface area contributed by atoms with Crippen molar-refractivity contribution in [1.29, 1.82) is 0 Å². The second-order valence-electron chi connectivity index (χ2n) is 4.72. The van der Waals surface area contributed by atoms with E-state index < -0.39 is 0 Å². The maximum absolute atomic E-state index is 6.22. The largest absolute Gasteiger partial charge is 0.495 e. The molecular weight excluding hydrogens is 336 g/mol. The van der Waals surface area contributed by atoms with E-state index in [1.165, 1.54) is 11.1 Å². The second kappa shape index (κ2) is 7.14. The van der Waals surface area contributed by atoms with Gasteiger partial charge in [0.25, 0.3) is 0 Å². The first-order valence-corrected chi connectivity index (χ1v) is 7.99. The molecule has 3 heteroatoms. The minimum atomic E-state index is 0.235. The predicted octanol–water partition coefficient (Wildman–Crippen LogP) is 5.98. The smallest absolute Gasteiger partial charge is 0.137 e. The highest BCUT2D eigenvalue weighted by Crippen LogP contribution is 2.41. The van der Waals surface area contributed by atoms with Gasteiger partial charge in [-0.15, -0.1) is 0 Å². The molecule has 0 aliphatic carbocycles. The van der Waals surface area contributed by atoms with Crippen molar-refractivity contribution in [3.63, 3.8) is 0 Å². The lowest BCUT2D eigenvalue weighted by molar-refractivity contribution is 0.415. The SMILES string of the molecule is CCC(c1ccccc1)C(Br)c1ccc(OC)c(Cl)c1. The molecule has 0 aliphatic rings. The zero-order valence-electron chi connectivity index (χ0n) is 11.6. The normalized spacial score (nSPS) is 13.8. The van der Waals surface area contributed by atoms with Gasteiger partial charge in [0.15, 0.2) is 0 Å². The molecule has 0 saturated carbocycles. The number of rotatable bonds is 5. The summed E-state index contributed by atoms with van der Waals surface area (Å²) in [6.07, 6.45) is 1.06. The summed E-state index contributed by atoms with van der Waals surface area (Å²) in [4.78, 5) is 0.235. The first-order valence-electron chi connectivity index (χ1n) is 6.69. The van der Waals surface area contributed by atoms with E-state index in [0.717, 1.165) is 6.42 Å². The van der Waals surface area contributed by atoms with Crippen LogP contribution in [0.5, 0.6) is 5.75 Å². The maximum Gasteiger partial charge on any atom is 0.137 e. The van der Waals surface area contributed by atoms with Gasteiger partial charge in [0.1, 0.15) is 5.75 Å². The van der Waals surface area contributed by atoms with Crippen molar-refractivity contribution in [2.75, 3.05) is 7.11 Å². The fraction of sp³-hybridized carbons (Fsp3) is 0.294.